The summed E-state index contributed by atoms with van der Waals surface area (Å²) in [6.07, 6.45) is 0. The van der Waals surface area contributed by atoms with E-state index < -0.39 is 43.9 Å². The molecule has 1 aromatic rings. The summed E-state index contributed by atoms with van der Waals surface area (Å²) < 4.78 is 42.1. The zero-order valence-electron chi connectivity index (χ0n) is 10.6. The number of carbonyl (C=O) groups excluding carboxylic acids is 1. The fraction of sp³-hybridized carbons (Fsp3) is 0.300. The van der Waals surface area contributed by atoms with Gasteiger partial charge in [0, 0.05) is 7.05 Å². The maximum atomic E-state index is 13.0. The van der Waals surface area contributed by atoms with Crippen molar-refractivity contribution in [3.8, 4) is 0 Å². The van der Waals surface area contributed by atoms with E-state index in [2.05, 4.69) is 4.74 Å². The number of hydrogen-bond donors (Lipinski definition) is 0. The minimum atomic E-state index is -4.31. The van der Waals surface area contributed by atoms with Crippen molar-refractivity contribution >= 4 is 21.7 Å². The van der Waals surface area contributed by atoms with Crippen LogP contribution in [0, 0.1) is 15.9 Å². The van der Waals surface area contributed by atoms with Gasteiger partial charge in [-0.25, -0.2) is 12.8 Å². The van der Waals surface area contributed by atoms with E-state index in [1.54, 1.807) is 0 Å². The van der Waals surface area contributed by atoms with Crippen LogP contribution in [0.5, 0.6) is 0 Å². The maximum Gasteiger partial charge on any atom is 0.321 e. The summed E-state index contributed by atoms with van der Waals surface area (Å²) in [4.78, 5) is 20.1. The highest BCUT2D eigenvalue weighted by Gasteiger charge is 2.31. The molecule has 0 aliphatic rings. The second-order valence-electron chi connectivity index (χ2n) is 3.71. The number of nitro benzene ring substituents is 1. The Morgan fingerprint density at radius 2 is 2.10 bits per heavy atom. The van der Waals surface area contributed by atoms with E-state index in [1.165, 1.54) is 0 Å². The first kappa shape index (κ1) is 16.0. The van der Waals surface area contributed by atoms with Crippen molar-refractivity contribution in [2.24, 2.45) is 0 Å². The third-order valence-corrected chi connectivity index (χ3v) is 4.24. The zero-order valence-corrected chi connectivity index (χ0v) is 11.4. The quantitative estimate of drug-likeness (QED) is 0.446. The Bertz CT molecular complexity index is 645. The van der Waals surface area contributed by atoms with Crippen LogP contribution in [-0.2, 0) is 19.6 Å². The van der Waals surface area contributed by atoms with Gasteiger partial charge < -0.3 is 4.74 Å². The number of likely N-dealkylation sites (N-methyl/N-ethyl adjacent to an activating group) is 1. The first-order chi connectivity index (χ1) is 9.20. The van der Waals surface area contributed by atoms with Crippen molar-refractivity contribution in [2.45, 2.75) is 4.90 Å². The Kier molecular flexibility index (Phi) is 4.73. The summed E-state index contributed by atoms with van der Waals surface area (Å²) in [6.45, 7) is -0.618. The summed E-state index contributed by atoms with van der Waals surface area (Å²) >= 11 is 0. The highest BCUT2D eigenvalue weighted by atomic mass is 32.2. The number of methoxy groups -OCH3 is 1. The molecule has 1 rings (SSSR count). The lowest BCUT2D eigenvalue weighted by atomic mass is 10.3. The van der Waals surface area contributed by atoms with E-state index in [0.29, 0.717) is 10.4 Å². The Hall–Kier alpha value is -2.07. The number of esters is 1. The highest BCUT2D eigenvalue weighted by molar-refractivity contribution is 7.89. The summed E-state index contributed by atoms with van der Waals surface area (Å²) in [5.41, 5.74) is -0.901. The molecule has 1 aromatic carbocycles. The predicted molar refractivity (Wildman–Crippen MR) is 64.9 cm³/mol. The van der Waals surface area contributed by atoms with Crippen molar-refractivity contribution in [3.05, 3.63) is 34.1 Å². The standard InChI is InChI=1S/C10H11FN2O6S/c1-12(6-10(14)19-2)20(17,18)9-4-3-7(11)5-8(9)13(15)16/h3-5H,6H2,1-2H3. The molecule has 0 saturated heterocycles. The normalized spacial score (nSPS) is 11.4. The molecule has 0 fully saturated rings. The maximum absolute atomic E-state index is 13.0. The molecule has 10 heteroatoms. The Labute approximate surface area is 114 Å². The number of hydrogen-bond acceptors (Lipinski definition) is 6. The van der Waals surface area contributed by atoms with Crippen LogP contribution >= 0.6 is 0 Å². The number of nitro groups is 1. The van der Waals surface area contributed by atoms with E-state index in [-0.39, 0.29) is 0 Å². The Morgan fingerprint density at radius 1 is 1.50 bits per heavy atom. The van der Waals surface area contributed by atoms with Crippen LogP contribution in [-0.4, -0.2) is 44.3 Å². The van der Waals surface area contributed by atoms with E-state index in [9.17, 15) is 27.7 Å². The van der Waals surface area contributed by atoms with Gasteiger partial charge in [0.1, 0.15) is 12.4 Å². The van der Waals surface area contributed by atoms with Crippen LogP contribution in [0.25, 0.3) is 0 Å². The molecule has 0 radical (unpaired) electrons. The molecule has 110 valence electrons. The van der Waals surface area contributed by atoms with Gasteiger partial charge in [-0.2, -0.15) is 4.31 Å². The Balaban J connectivity index is 3.28. The van der Waals surface area contributed by atoms with Gasteiger partial charge in [0.15, 0.2) is 4.90 Å². The zero-order chi connectivity index (χ0) is 15.5. The fourth-order valence-corrected chi connectivity index (χ4v) is 2.60. The molecule has 0 aliphatic carbocycles. The second-order valence-corrected chi connectivity index (χ2v) is 5.72. The fourth-order valence-electron chi connectivity index (χ4n) is 1.35. The number of sulfonamides is 1. The smallest absolute Gasteiger partial charge is 0.321 e. The number of benzene rings is 1. The SMILES string of the molecule is COC(=O)CN(C)S(=O)(=O)c1ccc(F)cc1[N+](=O)[O-]. The van der Waals surface area contributed by atoms with E-state index in [0.717, 1.165) is 26.3 Å². The molecule has 0 N–H and O–H groups in total. The lowest BCUT2D eigenvalue weighted by Crippen LogP contribution is -2.33. The molecule has 0 spiro atoms. The Morgan fingerprint density at radius 3 is 2.60 bits per heavy atom. The van der Waals surface area contributed by atoms with Crippen molar-refractivity contribution in [2.75, 3.05) is 20.7 Å². The van der Waals surface area contributed by atoms with Gasteiger partial charge in [0.25, 0.3) is 5.69 Å². The molecule has 8 nitrogen and oxygen atoms in total. The molecule has 0 saturated carbocycles. The summed E-state index contributed by atoms with van der Waals surface area (Å²) in [7, 11) is -2.18. The largest absolute Gasteiger partial charge is 0.468 e. The van der Waals surface area contributed by atoms with Crippen molar-refractivity contribution < 1.29 is 27.3 Å². The average molecular weight is 306 g/mol. The van der Waals surface area contributed by atoms with Crippen LogP contribution in [0.15, 0.2) is 23.1 Å². The van der Waals surface area contributed by atoms with Crippen molar-refractivity contribution in [1.29, 1.82) is 0 Å². The molecule has 0 unspecified atom stereocenters. The van der Waals surface area contributed by atoms with Crippen LogP contribution < -0.4 is 0 Å². The minimum Gasteiger partial charge on any atom is -0.468 e. The number of ether oxygens (including phenoxy) is 1. The van der Waals surface area contributed by atoms with Crippen LogP contribution in [0.3, 0.4) is 0 Å². The van der Waals surface area contributed by atoms with E-state index in [4.69, 9.17) is 0 Å². The minimum absolute atomic E-state index is 0.499. The monoisotopic (exact) mass is 306 g/mol. The van der Waals surface area contributed by atoms with Crippen molar-refractivity contribution in [1.82, 2.24) is 4.31 Å². The van der Waals surface area contributed by atoms with Crippen LogP contribution in [0.1, 0.15) is 0 Å². The molecule has 0 atom stereocenters. The van der Waals surface area contributed by atoms with Gasteiger partial charge in [0.2, 0.25) is 10.0 Å². The molecule has 0 heterocycles. The van der Waals surface area contributed by atoms with Gasteiger partial charge in [-0.15, -0.1) is 0 Å². The number of nitrogens with zero attached hydrogens (tertiary/aromatic N) is 2. The molecule has 20 heavy (non-hydrogen) atoms. The van der Waals surface area contributed by atoms with Crippen LogP contribution in [0.2, 0.25) is 0 Å². The molecular formula is C10H11FN2O6S. The third-order valence-electron chi connectivity index (χ3n) is 2.39. The first-order valence-electron chi connectivity index (χ1n) is 5.17. The lowest BCUT2D eigenvalue weighted by molar-refractivity contribution is -0.388. The van der Waals surface area contributed by atoms with Gasteiger partial charge in [0.05, 0.1) is 18.1 Å². The number of rotatable bonds is 5. The molecule has 0 aliphatic heterocycles. The number of carbonyl (C=O) groups is 1. The van der Waals surface area contributed by atoms with Crippen molar-refractivity contribution in [3.63, 3.8) is 0 Å². The van der Waals surface area contributed by atoms with Gasteiger partial charge >= 0.3 is 5.97 Å². The molecule has 0 amide bonds. The highest BCUT2D eigenvalue weighted by Crippen LogP contribution is 2.26. The van der Waals surface area contributed by atoms with Gasteiger partial charge in [-0.1, -0.05) is 0 Å². The van der Waals surface area contributed by atoms with Crippen LogP contribution in [0.4, 0.5) is 10.1 Å². The lowest BCUT2D eigenvalue weighted by Gasteiger charge is -2.15. The van der Waals surface area contributed by atoms with Gasteiger partial charge in [-0.3, -0.25) is 14.9 Å². The average Bonchev–Trinajstić information content (AvgIpc) is 2.37. The molecule has 0 aromatic heterocycles. The summed E-state index contributed by atoms with van der Waals surface area (Å²) in [5.74, 6) is -1.77. The van der Waals surface area contributed by atoms with E-state index in [1.807, 2.05) is 0 Å². The summed E-state index contributed by atoms with van der Waals surface area (Å²) in [5, 5.41) is 10.8. The molecule has 0 bridgehead atoms. The third kappa shape index (κ3) is 3.27. The van der Waals surface area contributed by atoms with Gasteiger partial charge in [-0.05, 0) is 12.1 Å². The predicted octanol–water partition coefficient (Wildman–Crippen LogP) is 0.527. The number of halogens is 1. The van der Waals surface area contributed by atoms with E-state index >= 15 is 0 Å². The molecular weight excluding hydrogens is 295 g/mol. The topological polar surface area (TPSA) is 107 Å². The second kappa shape index (κ2) is 5.92. The summed E-state index contributed by atoms with van der Waals surface area (Å²) in [6, 6.07) is 2.06. The first-order valence-corrected chi connectivity index (χ1v) is 6.61.